The van der Waals surface area contributed by atoms with Gasteiger partial charge in [0.2, 0.25) is 5.91 Å². The molecule has 0 aliphatic carbocycles. The minimum atomic E-state index is -0.852. The average molecular weight is 293 g/mol. The molecule has 1 aromatic rings. The number of aliphatic carboxylic acids is 1. The molecule has 5 heteroatoms. The highest BCUT2D eigenvalue weighted by Crippen LogP contribution is 2.20. The largest absolute Gasteiger partial charge is 0.493 e. The SMILES string of the molecule is Cc1cccc(OCCC(=O)NC(C)CCC(=O)O)c1C. The van der Waals surface area contributed by atoms with E-state index in [9.17, 15) is 9.59 Å². The Kier molecular flexibility index (Phi) is 6.72. The number of nitrogens with one attached hydrogen (secondary N) is 1. The van der Waals surface area contributed by atoms with Gasteiger partial charge in [0, 0.05) is 12.5 Å². The second-order valence-corrected chi connectivity index (χ2v) is 5.20. The van der Waals surface area contributed by atoms with Crippen LogP contribution in [0.15, 0.2) is 18.2 Å². The fourth-order valence-electron chi connectivity index (χ4n) is 1.89. The van der Waals surface area contributed by atoms with Crippen LogP contribution in [0.3, 0.4) is 0 Å². The van der Waals surface area contributed by atoms with Gasteiger partial charge in [0.15, 0.2) is 0 Å². The fraction of sp³-hybridized carbons (Fsp3) is 0.500. The number of ether oxygens (including phenoxy) is 1. The van der Waals surface area contributed by atoms with Gasteiger partial charge in [-0.25, -0.2) is 0 Å². The highest BCUT2D eigenvalue weighted by atomic mass is 16.5. The van der Waals surface area contributed by atoms with Crippen molar-refractivity contribution >= 4 is 11.9 Å². The topological polar surface area (TPSA) is 75.6 Å². The summed E-state index contributed by atoms with van der Waals surface area (Å²) in [5, 5.41) is 11.3. The van der Waals surface area contributed by atoms with Crippen LogP contribution in [0, 0.1) is 13.8 Å². The van der Waals surface area contributed by atoms with Crippen molar-refractivity contribution in [3.63, 3.8) is 0 Å². The number of hydrogen-bond donors (Lipinski definition) is 2. The maximum Gasteiger partial charge on any atom is 0.303 e. The van der Waals surface area contributed by atoms with E-state index in [1.54, 1.807) is 6.92 Å². The van der Waals surface area contributed by atoms with E-state index < -0.39 is 5.97 Å². The third kappa shape index (κ3) is 6.29. The highest BCUT2D eigenvalue weighted by molar-refractivity contribution is 5.76. The van der Waals surface area contributed by atoms with Gasteiger partial charge >= 0.3 is 5.97 Å². The van der Waals surface area contributed by atoms with Crippen LogP contribution in [0.25, 0.3) is 0 Å². The van der Waals surface area contributed by atoms with Gasteiger partial charge in [-0.05, 0) is 44.4 Å². The summed E-state index contributed by atoms with van der Waals surface area (Å²) in [6.07, 6.45) is 0.740. The van der Waals surface area contributed by atoms with Gasteiger partial charge in [0.25, 0.3) is 0 Å². The van der Waals surface area contributed by atoms with Crippen LogP contribution >= 0.6 is 0 Å². The van der Waals surface area contributed by atoms with Gasteiger partial charge < -0.3 is 15.2 Å². The first-order chi connectivity index (χ1) is 9.90. The molecule has 0 aliphatic rings. The predicted octanol–water partition coefficient (Wildman–Crippen LogP) is 2.44. The Morgan fingerprint density at radius 1 is 1.29 bits per heavy atom. The summed E-state index contributed by atoms with van der Waals surface area (Å²) in [5.74, 6) is -0.186. The van der Waals surface area contributed by atoms with Crippen LogP contribution in [-0.4, -0.2) is 29.6 Å². The Morgan fingerprint density at radius 2 is 2.00 bits per heavy atom. The quantitative estimate of drug-likeness (QED) is 0.772. The van der Waals surface area contributed by atoms with Gasteiger partial charge in [-0.2, -0.15) is 0 Å². The number of carboxylic acid groups (broad SMARTS) is 1. The maximum atomic E-state index is 11.7. The normalized spacial score (nSPS) is 11.8. The molecule has 0 bridgehead atoms. The molecule has 0 heterocycles. The van der Waals surface area contributed by atoms with Crippen molar-refractivity contribution in [2.24, 2.45) is 0 Å². The fourth-order valence-corrected chi connectivity index (χ4v) is 1.89. The van der Waals surface area contributed by atoms with Crippen molar-refractivity contribution in [2.75, 3.05) is 6.61 Å². The van der Waals surface area contributed by atoms with E-state index in [4.69, 9.17) is 9.84 Å². The Bertz CT molecular complexity index is 499. The molecule has 0 radical (unpaired) electrons. The van der Waals surface area contributed by atoms with E-state index in [1.807, 2.05) is 32.0 Å². The summed E-state index contributed by atoms with van der Waals surface area (Å²) in [6.45, 7) is 6.10. The van der Waals surface area contributed by atoms with Crippen molar-refractivity contribution in [1.82, 2.24) is 5.32 Å². The maximum absolute atomic E-state index is 11.7. The van der Waals surface area contributed by atoms with Crippen LogP contribution < -0.4 is 10.1 Å². The lowest BCUT2D eigenvalue weighted by Crippen LogP contribution is -2.33. The third-order valence-electron chi connectivity index (χ3n) is 3.34. The number of benzene rings is 1. The van der Waals surface area contributed by atoms with E-state index in [1.165, 1.54) is 0 Å². The van der Waals surface area contributed by atoms with Crippen LogP contribution in [-0.2, 0) is 9.59 Å². The number of hydrogen-bond acceptors (Lipinski definition) is 3. The van der Waals surface area contributed by atoms with E-state index in [0.29, 0.717) is 13.0 Å². The standard InChI is InChI=1S/C16H23NO4/c1-11-5-4-6-14(13(11)3)21-10-9-15(18)17-12(2)7-8-16(19)20/h4-6,12H,7-10H2,1-3H3,(H,17,18)(H,19,20). The van der Waals surface area contributed by atoms with Gasteiger partial charge in [0.05, 0.1) is 13.0 Å². The lowest BCUT2D eigenvalue weighted by molar-refractivity contribution is -0.137. The lowest BCUT2D eigenvalue weighted by Gasteiger charge is -2.14. The molecule has 0 saturated carbocycles. The average Bonchev–Trinajstić information content (AvgIpc) is 2.41. The van der Waals surface area contributed by atoms with E-state index >= 15 is 0 Å². The minimum absolute atomic E-state index is 0.0560. The Labute approximate surface area is 125 Å². The number of amides is 1. The van der Waals surface area contributed by atoms with E-state index in [-0.39, 0.29) is 24.8 Å². The molecule has 5 nitrogen and oxygen atoms in total. The smallest absolute Gasteiger partial charge is 0.303 e. The summed E-state index contributed by atoms with van der Waals surface area (Å²) in [5.41, 5.74) is 2.23. The number of rotatable bonds is 8. The third-order valence-corrected chi connectivity index (χ3v) is 3.34. The van der Waals surface area contributed by atoms with E-state index in [0.717, 1.165) is 16.9 Å². The molecular weight excluding hydrogens is 270 g/mol. The van der Waals surface area contributed by atoms with Crippen molar-refractivity contribution in [3.8, 4) is 5.75 Å². The second-order valence-electron chi connectivity index (χ2n) is 5.20. The molecule has 1 rings (SSSR count). The zero-order chi connectivity index (χ0) is 15.8. The van der Waals surface area contributed by atoms with Gasteiger partial charge in [-0.3, -0.25) is 9.59 Å². The summed E-state index contributed by atoms with van der Waals surface area (Å²) < 4.78 is 5.61. The van der Waals surface area contributed by atoms with Gasteiger partial charge in [-0.1, -0.05) is 12.1 Å². The molecular formula is C16H23NO4. The molecule has 1 unspecified atom stereocenters. The molecule has 0 saturated heterocycles. The number of aryl methyl sites for hydroxylation is 1. The summed E-state index contributed by atoms with van der Waals surface area (Å²) >= 11 is 0. The summed E-state index contributed by atoms with van der Waals surface area (Å²) in [4.78, 5) is 22.1. The molecule has 1 aromatic carbocycles. The molecule has 1 atom stereocenters. The summed E-state index contributed by atoms with van der Waals surface area (Å²) in [7, 11) is 0. The predicted molar refractivity (Wildman–Crippen MR) is 80.5 cm³/mol. The summed E-state index contributed by atoms with van der Waals surface area (Å²) in [6, 6.07) is 5.68. The zero-order valence-corrected chi connectivity index (χ0v) is 12.8. The van der Waals surface area contributed by atoms with Crippen LogP contribution in [0.5, 0.6) is 5.75 Å². The van der Waals surface area contributed by atoms with Gasteiger partial charge in [-0.15, -0.1) is 0 Å². The highest BCUT2D eigenvalue weighted by Gasteiger charge is 2.10. The molecule has 21 heavy (non-hydrogen) atoms. The lowest BCUT2D eigenvalue weighted by atomic mass is 10.1. The monoisotopic (exact) mass is 293 g/mol. The van der Waals surface area contributed by atoms with Crippen molar-refractivity contribution < 1.29 is 19.4 Å². The molecule has 0 aliphatic heterocycles. The minimum Gasteiger partial charge on any atom is -0.493 e. The van der Waals surface area contributed by atoms with E-state index in [2.05, 4.69) is 5.32 Å². The first-order valence-corrected chi connectivity index (χ1v) is 7.10. The Hall–Kier alpha value is -2.04. The van der Waals surface area contributed by atoms with Gasteiger partial charge in [0.1, 0.15) is 5.75 Å². The molecule has 0 fully saturated rings. The van der Waals surface area contributed by atoms with Crippen LogP contribution in [0.1, 0.15) is 37.3 Å². The molecule has 2 N–H and O–H groups in total. The Balaban J connectivity index is 2.30. The molecule has 1 amide bonds. The molecule has 0 spiro atoms. The van der Waals surface area contributed by atoms with Crippen molar-refractivity contribution in [2.45, 2.75) is 46.1 Å². The van der Waals surface area contributed by atoms with Crippen molar-refractivity contribution in [1.29, 1.82) is 0 Å². The van der Waals surface area contributed by atoms with Crippen LogP contribution in [0.4, 0.5) is 0 Å². The van der Waals surface area contributed by atoms with Crippen LogP contribution in [0.2, 0.25) is 0 Å². The first kappa shape index (κ1) is 17.0. The number of carboxylic acids is 1. The Morgan fingerprint density at radius 3 is 2.67 bits per heavy atom. The van der Waals surface area contributed by atoms with Crippen molar-refractivity contribution in [3.05, 3.63) is 29.3 Å². The number of carbonyl (C=O) groups excluding carboxylic acids is 1. The number of carbonyl (C=O) groups is 2. The first-order valence-electron chi connectivity index (χ1n) is 7.10. The zero-order valence-electron chi connectivity index (χ0n) is 12.8. The second kappa shape index (κ2) is 8.29. The molecule has 0 aromatic heterocycles. The molecule has 116 valence electrons.